The number of Topliss-reactive ketones (excluding diaryl/α,β-unsaturated/α-hetero) is 1. The number of ether oxygens (including phenoxy) is 1. The minimum Gasteiger partial charge on any atom is -0.497 e. The second kappa shape index (κ2) is 5.35. The van der Waals surface area contributed by atoms with Crippen LogP contribution in [0, 0.1) is 5.92 Å². The van der Waals surface area contributed by atoms with Crippen LogP contribution in [0.5, 0.6) is 5.75 Å². The van der Waals surface area contributed by atoms with Gasteiger partial charge in [0.2, 0.25) is 0 Å². The van der Waals surface area contributed by atoms with Crippen molar-refractivity contribution in [2.24, 2.45) is 5.92 Å². The van der Waals surface area contributed by atoms with Crippen molar-refractivity contribution in [3.63, 3.8) is 0 Å². The summed E-state index contributed by atoms with van der Waals surface area (Å²) in [5.74, 6) is 1.13. The monoisotopic (exact) mass is 204 g/mol. The third kappa shape index (κ3) is 3.24. The maximum atomic E-state index is 11.7. The van der Waals surface area contributed by atoms with E-state index in [2.05, 4.69) is 6.58 Å². The van der Waals surface area contributed by atoms with E-state index >= 15 is 0 Å². The fraction of sp³-hybridized carbons (Fsp3) is 0.308. The van der Waals surface area contributed by atoms with Crippen molar-refractivity contribution in [1.82, 2.24) is 0 Å². The number of carbonyl (C=O) groups is 1. The van der Waals surface area contributed by atoms with Gasteiger partial charge in [-0.25, -0.2) is 0 Å². The van der Waals surface area contributed by atoms with Gasteiger partial charge in [0.25, 0.3) is 0 Å². The van der Waals surface area contributed by atoms with Gasteiger partial charge in [0.1, 0.15) is 5.75 Å². The molecule has 0 radical (unpaired) electrons. The molecule has 0 N–H and O–H groups in total. The molecule has 80 valence electrons. The third-order valence-corrected chi connectivity index (χ3v) is 2.32. The lowest BCUT2D eigenvalue weighted by molar-refractivity contribution is 0.0972. The molecule has 0 saturated heterocycles. The van der Waals surface area contributed by atoms with E-state index in [0.29, 0.717) is 6.42 Å². The van der Waals surface area contributed by atoms with Crippen LogP contribution >= 0.6 is 0 Å². The Morgan fingerprint density at radius 2 is 2.07 bits per heavy atom. The van der Waals surface area contributed by atoms with E-state index in [0.717, 1.165) is 11.3 Å². The highest BCUT2D eigenvalue weighted by Crippen LogP contribution is 2.15. The minimum atomic E-state index is 0.144. The number of allylic oxidation sites excluding steroid dienone is 1. The molecule has 1 rings (SSSR count). The maximum Gasteiger partial charge on any atom is 0.163 e. The molecule has 0 unspecified atom stereocenters. The predicted octanol–water partition coefficient (Wildman–Crippen LogP) is 3.09. The molecule has 0 aliphatic rings. The fourth-order valence-corrected chi connectivity index (χ4v) is 1.27. The van der Waals surface area contributed by atoms with Crippen LogP contribution in [0.4, 0.5) is 0 Å². The minimum absolute atomic E-state index is 0.144. The summed E-state index contributed by atoms with van der Waals surface area (Å²) >= 11 is 0. The Morgan fingerprint density at radius 3 is 2.53 bits per heavy atom. The van der Waals surface area contributed by atoms with Crippen LogP contribution in [0.15, 0.2) is 36.9 Å². The Kier molecular flexibility index (Phi) is 4.10. The first-order valence-corrected chi connectivity index (χ1v) is 4.97. The van der Waals surface area contributed by atoms with Crippen LogP contribution in [0.25, 0.3) is 0 Å². The number of methoxy groups -OCH3 is 1. The highest BCUT2D eigenvalue weighted by molar-refractivity contribution is 5.96. The largest absolute Gasteiger partial charge is 0.497 e. The van der Waals surface area contributed by atoms with Crippen LogP contribution < -0.4 is 4.74 Å². The van der Waals surface area contributed by atoms with Crippen molar-refractivity contribution in [2.45, 2.75) is 13.3 Å². The molecule has 0 bridgehead atoms. The van der Waals surface area contributed by atoms with Gasteiger partial charge >= 0.3 is 0 Å². The SMILES string of the molecule is C=C[C@@H](C)CC(=O)c1ccc(OC)cc1. The fourth-order valence-electron chi connectivity index (χ4n) is 1.27. The van der Waals surface area contributed by atoms with E-state index in [9.17, 15) is 4.79 Å². The lowest BCUT2D eigenvalue weighted by Crippen LogP contribution is -2.03. The van der Waals surface area contributed by atoms with Gasteiger partial charge in [-0.2, -0.15) is 0 Å². The summed E-state index contributed by atoms with van der Waals surface area (Å²) in [4.78, 5) is 11.7. The van der Waals surface area contributed by atoms with E-state index in [1.807, 2.05) is 6.92 Å². The summed E-state index contributed by atoms with van der Waals surface area (Å²) in [7, 11) is 1.61. The van der Waals surface area contributed by atoms with E-state index < -0.39 is 0 Å². The first-order chi connectivity index (χ1) is 7.17. The van der Waals surface area contributed by atoms with Crippen LogP contribution in [0.1, 0.15) is 23.7 Å². The van der Waals surface area contributed by atoms with Gasteiger partial charge in [0.05, 0.1) is 7.11 Å². The average molecular weight is 204 g/mol. The molecule has 0 aliphatic heterocycles. The summed E-state index contributed by atoms with van der Waals surface area (Å²) in [5, 5.41) is 0. The topological polar surface area (TPSA) is 26.3 Å². The molecule has 1 aromatic rings. The summed E-state index contributed by atoms with van der Waals surface area (Å²) in [6.07, 6.45) is 2.30. The number of benzene rings is 1. The summed E-state index contributed by atoms with van der Waals surface area (Å²) in [6, 6.07) is 7.17. The maximum absolute atomic E-state index is 11.7. The molecule has 0 amide bonds. The standard InChI is InChI=1S/C13H16O2/c1-4-10(2)9-13(14)11-5-7-12(15-3)8-6-11/h4-8,10H,1,9H2,2-3H3/t10-/m1/s1. The number of hydrogen-bond acceptors (Lipinski definition) is 2. The Morgan fingerprint density at radius 1 is 1.47 bits per heavy atom. The Hall–Kier alpha value is -1.57. The lowest BCUT2D eigenvalue weighted by Gasteiger charge is -2.05. The quantitative estimate of drug-likeness (QED) is 0.544. The zero-order valence-electron chi connectivity index (χ0n) is 9.19. The molecule has 1 atom stereocenters. The molecule has 2 nitrogen and oxygen atoms in total. The van der Waals surface area contributed by atoms with Gasteiger partial charge in [-0.1, -0.05) is 13.0 Å². The first-order valence-electron chi connectivity index (χ1n) is 4.97. The summed E-state index contributed by atoms with van der Waals surface area (Å²) < 4.78 is 5.02. The Bertz CT molecular complexity index is 338. The van der Waals surface area contributed by atoms with Gasteiger partial charge in [-0.15, -0.1) is 6.58 Å². The van der Waals surface area contributed by atoms with E-state index in [1.54, 1.807) is 37.5 Å². The zero-order chi connectivity index (χ0) is 11.3. The first kappa shape index (κ1) is 11.5. The normalized spacial score (nSPS) is 11.9. The van der Waals surface area contributed by atoms with Crippen LogP contribution in [0.2, 0.25) is 0 Å². The molecule has 1 aromatic carbocycles. The summed E-state index contributed by atoms with van der Waals surface area (Å²) in [5.41, 5.74) is 0.726. The molecule has 0 aromatic heterocycles. The Balaban J connectivity index is 2.70. The third-order valence-electron chi connectivity index (χ3n) is 2.32. The lowest BCUT2D eigenvalue weighted by atomic mass is 10.00. The van der Waals surface area contributed by atoms with Crippen molar-refractivity contribution in [2.75, 3.05) is 7.11 Å². The van der Waals surface area contributed by atoms with Gasteiger partial charge in [-0.3, -0.25) is 4.79 Å². The number of rotatable bonds is 5. The van der Waals surface area contributed by atoms with Crippen molar-refractivity contribution in [3.05, 3.63) is 42.5 Å². The van der Waals surface area contributed by atoms with Gasteiger partial charge in [0.15, 0.2) is 5.78 Å². The molecular weight excluding hydrogens is 188 g/mol. The zero-order valence-corrected chi connectivity index (χ0v) is 9.19. The highest BCUT2D eigenvalue weighted by atomic mass is 16.5. The highest BCUT2D eigenvalue weighted by Gasteiger charge is 2.08. The molecule has 0 fully saturated rings. The smallest absolute Gasteiger partial charge is 0.163 e. The number of carbonyl (C=O) groups excluding carboxylic acids is 1. The second-order valence-electron chi connectivity index (χ2n) is 3.57. The molecular formula is C13H16O2. The van der Waals surface area contributed by atoms with E-state index in [1.165, 1.54) is 0 Å². The number of ketones is 1. The summed E-state index contributed by atoms with van der Waals surface area (Å²) in [6.45, 7) is 5.64. The molecule has 2 heteroatoms. The molecule has 0 spiro atoms. The van der Waals surface area contributed by atoms with E-state index in [4.69, 9.17) is 4.74 Å². The van der Waals surface area contributed by atoms with Crippen molar-refractivity contribution in [3.8, 4) is 5.75 Å². The molecule has 0 saturated carbocycles. The van der Waals surface area contributed by atoms with Gasteiger partial charge < -0.3 is 4.74 Å². The molecule has 0 heterocycles. The van der Waals surface area contributed by atoms with Crippen LogP contribution in [0.3, 0.4) is 0 Å². The van der Waals surface area contributed by atoms with Crippen LogP contribution in [-0.4, -0.2) is 12.9 Å². The Labute approximate surface area is 90.6 Å². The second-order valence-corrected chi connectivity index (χ2v) is 3.57. The van der Waals surface area contributed by atoms with Crippen molar-refractivity contribution < 1.29 is 9.53 Å². The van der Waals surface area contributed by atoms with Crippen molar-refractivity contribution >= 4 is 5.78 Å². The number of hydrogen-bond donors (Lipinski definition) is 0. The van der Waals surface area contributed by atoms with Gasteiger partial charge in [-0.05, 0) is 30.2 Å². The van der Waals surface area contributed by atoms with Crippen molar-refractivity contribution in [1.29, 1.82) is 0 Å². The van der Waals surface area contributed by atoms with Crippen LogP contribution in [-0.2, 0) is 0 Å². The van der Waals surface area contributed by atoms with E-state index in [-0.39, 0.29) is 11.7 Å². The molecule has 15 heavy (non-hydrogen) atoms. The predicted molar refractivity (Wildman–Crippen MR) is 61.3 cm³/mol. The van der Waals surface area contributed by atoms with Gasteiger partial charge in [0, 0.05) is 12.0 Å². The average Bonchev–Trinajstić information content (AvgIpc) is 2.29. The molecule has 0 aliphatic carbocycles.